The number of rotatable bonds is 5. The van der Waals surface area contributed by atoms with Gasteiger partial charge >= 0.3 is 0 Å². The van der Waals surface area contributed by atoms with Crippen LogP contribution < -0.4 is 10.6 Å². The Labute approximate surface area is 90.9 Å². The zero-order valence-electron chi connectivity index (χ0n) is 9.34. The third-order valence-electron chi connectivity index (χ3n) is 2.18. The summed E-state index contributed by atoms with van der Waals surface area (Å²) in [7, 11) is 1.65. The number of carbonyl (C=O) groups is 1. The standard InChI is InChI=1S/C12H18N2O/c1-3-8-14-11-6-4-10(5-7-11)9-12(15)13-2/h4-7,14H,3,8-9H2,1-2H3,(H,13,15). The largest absolute Gasteiger partial charge is 0.385 e. The van der Waals surface area contributed by atoms with Crippen molar-refractivity contribution >= 4 is 11.6 Å². The van der Waals surface area contributed by atoms with Crippen molar-refractivity contribution < 1.29 is 4.79 Å². The lowest BCUT2D eigenvalue weighted by Gasteiger charge is -2.05. The van der Waals surface area contributed by atoms with Crippen LogP contribution in [0.15, 0.2) is 24.3 Å². The highest BCUT2D eigenvalue weighted by atomic mass is 16.1. The second kappa shape index (κ2) is 6.06. The molecule has 0 aromatic heterocycles. The molecule has 0 spiro atoms. The number of nitrogens with one attached hydrogen (secondary N) is 2. The Hall–Kier alpha value is -1.51. The highest BCUT2D eigenvalue weighted by Crippen LogP contribution is 2.09. The van der Waals surface area contributed by atoms with E-state index in [9.17, 15) is 4.79 Å². The van der Waals surface area contributed by atoms with Crippen molar-refractivity contribution in [2.75, 3.05) is 18.9 Å². The van der Waals surface area contributed by atoms with Crippen LogP contribution in [0.4, 0.5) is 5.69 Å². The molecule has 0 unspecified atom stereocenters. The van der Waals surface area contributed by atoms with Gasteiger partial charge in [0.2, 0.25) is 5.91 Å². The molecule has 0 atom stereocenters. The first-order chi connectivity index (χ1) is 7.26. The van der Waals surface area contributed by atoms with Crippen molar-refractivity contribution in [3.8, 4) is 0 Å². The third kappa shape index (κ3) is 4.02. The molecule has 15 heavy (non-hydrogen) atoms. The Bertz CT molecular complexity index is 306. The molecule has 82 valence electrons. The molecule has 3 heteroatoms. The van der Waals surface area contributed by atoms with Crippen molar-refractivity contribution in [2.45, 2.75) is 19.8 Å². The van der Waals surface area contributed by atoms with Crippen molar-refractivity contribution in [1.82, 2.24) is 5.32 Å². The van der Waals surface area contributed by atoms with Crippen LogP contribution in [0.2, 0.25) is 0 Å². The van der Waals surface area contributed by atoms with E-state index in [4.69, 9.17) is 0 Å². The van der Waals surface area contributed by atoms with Crippen LogP contribution in [-0.4, -0.2) is 19.5 Å². The van der Waals surface area contributed by atoms with E-state index in [1.165, 1.54) is 0 Å². The molecule has 0 saturated carbocycles. The molecule has 0 fully saturated rings. The van der Waals surface area contributed by atoms with Gasteiger partial charge in [-0.1, -0.05) is 19.1 Å². The van der Waals surface area contributed by atoms with Gasteiger partial charge in [0.25, 0.3) is 0 Å². The van der Waals surface area contributed by atoms with E-state index in [1.54, 1.807) is 7.05 Å². The van der Waals surface area contributed by atoms with Gasteiger partial charge in [0.1, 0.15) is 0 Å². The molecule has 0 aliphatic heterocycles. The van der Waals surface area contributed by atoms with Crippen LogP contribution in [0.1, 0.15) is 18.9 Å². The molecule has 1 aromatic carbocycles. The zero-order chi connectivity index (χ0) is 11.1. The van der Waals surface area contributed by atoms with Gasteiger partial charge in [0.15, 0.2) is 0 Å². The molecule has 0 aliphatic rings. The van der Waals surface area contributed by atoms with Crippen molar-refractivity contribution in [3.63, 3.8) is 0 Å². The van der Waals surface area contributed by atoms with Gasteiger partial charge in [-0.2, -0.15) is 0 Å². The van der Waals surface area contributed by atoms with Gasteiger partial charge in [0, 0.05) is 19.3 Å². The number of amides is 1. The van der Waals surface area contributed by atoms with Crippen molar-refractivity contribution in [1.29, 1.82) is 0 Å². The average Bonchev–Trinajstić information content (AvgIpc) is 2.28. The number of anilines is 1. The Kier molecular flexibility index (Phi) is 4.68. The average molecular weight is 206 g/mol. The minimum absolute atomic E-state index is 0.0456. The number of hydrogen-bond donors (Lipinski definition) is 2. The molecule has 0 aliphatic carbocycles. The van der Waals surface area contributed by atoms with E-state index in [-0.39, 0.29) is 5.91 Å². The molecule has 0 saturated heterocycles. The lowest BCUT2D eigenvalue weighted by atomic mass is 10.1. The van der Waals surface area contributed by atoms with Gasteiger partial charge in [-0.3, -0.25) is 4.79 Å². The fraction of sp³-hybridized carbons (Fsp3) is 0.417. The normalized spacial score (nSPS) is 9.73. The summed E-state index contributed by atoms with van der Waals surface area (Å²) in [6.07, 6.45) is 1.56. The predicted molar refractivity (Wildman–Crippen MR) is 63.0 cm³/mol. The van der Waals surface area contributed by atoms with Gasteiger partial charge in [0.05, 0.1) is 6.42 Å². The van der Waals surface area contributed by atoms with E-state index >= 15 is 0 Å². The molecular weight excluding hydrogens is 188 g/mol. The summed E-state index contributed by atoms with van der Waals surface area (Å²) in [4.78, 5) is 11.1. The maximum Gasteiger partial charge on any atom is 0.224 e. The molecule has 1 amide bonds. The Morgan fingerprint density at radius 3 is 2.47 bits per heavy atom. The summed E-state index contributed by atoms with van der Waals surface area (Å²) >= 11 is 0. The van der Waals surface area contributed by atoms with Crippen LogP contribution in [-0.2, 0) is 11.2 Å². The summed E-state index contributed by atoms with van der Waals surface area (Å²) in [5.41, 5.74) is 2.15. The second-order valence-electron chi connectivity index (χ2n) is 3.47. The summed E-state index contributed by atoms with van der Waals surface area (Å²) in [6, 6.07) is 7.97. The SMILES string of the molecule is CCCNc1ccc(CC(=O)NC)cc1. The molecule has 3 nitrogen and oxygen atoms in total. The zero-order valence-corrected chi connectivity index (χ0v) is 9.34. The monoisotopic (exact) mass is 206 g/mol. The van der Waals surface area contributed by atoms with Crippen LogP contribution in [0.5, 0.6) is 0 Å². The topological polar surface area (TPSA) is 41.1 Å². The van der Waals surface area contributed by atoms with Crippen LogP contribution in [0.3, 0.4) is 0 Å². The maximum atomic E-state index is 11.1. The summed E-state index contributed by atoms with van der Waals surface area (Å²) in [6.45, 7) is 3.11. The predicted octanol–water partition coefficient (Wildman–Crippen LogP) is 1.80. The molecular formula is C12H18N2O. The lowest BCUT2D eigenvalue weighted by Crippen LogP contribution is -2.19. The first kappa shape index (κ1) is 11.6. The molecule has 2 N–H and O–H groups in total. The molecule has 1 aromatic rings. The number of likely N-dealkylation sites (N-methyl/N-ethyl adjacent to an activating group) is 1. The van der Waals surface area contributed by atoms with Crippen LogP contribution in [0, 0.1) is 0 Å². The van der Waals surface area contributed by atoms with E-state index < -0.39 is 0 Å². The summed E-state index contributed by atoms with van der Waals surface area (Å²) in [5.74, 6) is 0.0456. The summed E-state index contributed by atoms with van der Waals surface area (Å²) in [5, 5.41) is 5.90. The smallest absolute Gasteiger partial charge is 0.224 e. The highest BCUT2D eigenvalue weighted by molar-refractivity contribution is 5.78. The fourth-order valence-electron chi connectivity index (χ4n) is 1.28. The van der Waals surface area contributed by atoms with Crippen molar-refractivity contribution in [2.24, 2.45) is 0 Å². The quantitative estimate of drug-likeness (QED) is 0.771. The lowest BCUT2D eigenvalue weighted by molar-refractivity contribution is -0.119. The van der Waals surface area contributed by atoms with E-state index in [0.717, 1.165) is 24.2 Å². The first-order valence-corrected chi connectivity index (χ1v) is 5.29. The highest BCUT2D eigenvalue weighted by Gasteiger charge is 2.00. The Balaban J connectivity index is 2.52. The molecule has 0 radical (unpaired) electrons. The summed E-state index contributed by atoms with van der Waals surface area (Å²) < 4.78 is 0. The minimum Gasteiger partial charge on any atom is -0.385 e. The van der Waals surface area contributed by atoms with Crippen LogP contribution >= 0.6 is 0 Å². The molecule has 0 bridgehead atoms. The minimum atomic E-state index is 0.0456. The fourth-order valence-corrected chi connectivity index (χ4v) is 1.28. The third-order valence-corrected chi connectivity index (χ3v) is 2.18. The number of hydrogen-bond acceptors (Lipinski definition) is 2. The number of carbonyl (C=O) groups excluding carboxylic acids is 1. The van der Waals surface area contributed by atoms with Gasteiger partial charge in [-0.15, -0.1) is 0 Å². The first-order valence-electron chi connectivity index (χ1n) is 5.29. The van der Waals surface area contributed by atoms with Gasteiger partial charge in [-0.05, 0) is 24.1 Å². The van der Waals surface area contributed by atoms with E-state index in [2.05, 4.69) is 17.6 Å². The molecule has 1 rings (SSSR count). The van der Waals surface area contributed by atoms with E-state index in [0.29, 0.717) is 6.42 Å². The second-order valence-corrected chi connectivity index (χ2v) is 3.47. The van der Waals surface area contributed by atoms with Gasteiger partial charge in [-0.25, -0.2) is 0 Å². The maximum absolute atomic E-state index is 11.1. The Morgan fingerprint density at radius 2 is 1.93 bits per heavy atom. The number of benzene rings is 1. The van der Waals surface area contributed by atoms with E-state index in [1.807, 2.05) is 24.3 Å². The molecule has 0 heterocycles. The van der Waals surface area contributed by atoms with Gasteiger partial charge < -0.3 is 10.6 Å². The van der Waals surface area contributed by atoms with Crippen LogP contribution in [0.25, 0.3) is 0 Å². The Morgan fingerprint density at radius 1 is 1.27 bits per heavy atom. The van der Waals surface area contributed by atoms with Crippen molar-refractivity contribution in [3.05, 3.63) is 29.8 Å².